The number of nitrogens with zero attached hydrogens (tertiary/aromatic N) is 4. The van der Waals surface area contributed by atoms with Crippen LogP contribution in [0.4, 0.5) is 5.95 Å². The number of aliphatic carboxylic acids is 1. The van der Waals surface area contributed by atoms with Crippen molar-refractivity contribution in [1.82, 2.24) is 14.8 Å². The van der Waals surface area contributed by atoms with Crippen LogP contribution in [-0.4, -0.2) is 44.7 Å². The Kier molecular flexibility index (Phi) is 5.90. The summed E-state index contributed by atoms with van der Waals surface area (Å²) in [5.74, 6) is 0.925. The van der Waals surface area contributed by atoms with Crippen LogP contribution in [0, 0.1) is 5.92 Å². The Hall–Kier alpha value is -1.24. The average Bonchev–Trinajstić information content (AvgIpc) is 2.89. The van der Waals surface area contributed by atoms with Crippen molar-refractivity contribution in [1.29, 1.82) is 0 Å². The van der Waals surface area contributed by atoms with Gasteiger partial charge in [0.15, 0.2) is 5.16 Å². The number of hydrogen-bond donors (Lipinski definition) is 1. The van der Waals surface area contributed by atoms with Gasteiger partial charge in [0.1, 0.15) is 0 Å². The highest BCUT2D eigenvalue weighted by Gasteiger charge is 2.23. The van der Waals surface area contributed by atoms with E-state index in [9.17, 15) is 4.79 Å². The summed E-state index contributed by atoms with van der Waals surface area (Å²) in [6, 6.07) is 0. The smallest absolute Gasteiger partial charge is 0.313 e. The van der Waals surface area contributed by atoms with E-state index in [4.69, 9.17) is 5.11 Å². The second kappa shape index (κ2) is 7.68. The topological polar surface area (TPSA) is 71.2 Å². The first-order chi connectivity index (χ1) is 10.2. The van der Waals surface area contributed by atoms with Gasteiger partial charge >= 0.3 is 5.97 Å². The van der Waals surface area contributed by atoms with E-state index in [1.165, 1.54) is 37.4 Å². The van der Waals surface area contributed by atoms with Crippen molar-refractivity contribution in [2.24, 2.45) is 5.92 Å². The quantitative estimate of drug-likeness (QED) is 0.780. The van der Waals surface area contributed by atoms with E-state index in [-0.39, 0.29) is 5.75 Å². The maximum Gasteiger partial charge on any atom is 0.313 e. The maximum atomic E-state index is 10.7. The van der Waals surface area contributed by atoms with Crippen LogP contribution in [0.15, 0.2) is 5.16 Å². The molecule has 0 atom stereocenters. The molecule has 0 amide bonds. The van der Waals surface area contributed by atoms with Crippen LogP contribution in [0.3, 0.4) is 0 Å². The molecule has 0 aromatic carbocycles. The van der Waals surface area contributed by atoms with Gasteiger partial charge in [0.25, 0.3) is 0 Å². The summed E-state index contributed by atoms with van der Waals surface area (Å²) in [5, 5.41) is 17.9. The summed E-state index contributed by atoms with van der Waals surface area (Å²) < 4.78 is 2.02. The lowest BCUT2D eigenvalue weighted by molar-refractivity contribution is -0.133. The first-order valence-electron chi connectivity index (χ1n) is 7.68. The predicted molar refractivity (Wildman–Crippen MR) is 83.9 cm³/mol. The summed E-state index contributed by atoms with van der Waals surface area (Å²) in [7, 11) is 0. The Balaban J connectivity index is 2.01. The van der Waals surface area contributed by atoms with Gasteiger partial charge in [-0.15, -0.1) is 10.2 Å². The molecule has 2 rings (SSSR count). The molecule has 1 N–H and O–H groups in total. The molecule has 7 heteroatoms. The van der Waals surface area contributed by atoms with Gasteiger partial charge in [-0.2, -0.15) is 0 Å². The van der Waals surface area contributed by atoms with Crippen LogP contribution in [0.5, 0.6) is 0 Å². The fourth-order valence-electron chi connectivity index (χ4n) is 2.85. The average molecular weight is 312 g/mol. The van der Waals surface area contributed by atoms with Crippen LogP contribution in [-0.2, 0) is 11.3 Å². The fraction of sp³-hybridized carbons (Fsp3) is 0.786. The van der Waals surface area contributed by atoms with Crippen molar-refractivity contribution >= 4 is 23.7 Å². The van der Waals surface area contributed by atoms with Crippen molar-refractivity contribution in [2.75, 3.05) is 23.7 Å². The van der Waals surface area contributed by atoms with E-state index in [0.29, 0.717) is 5.16 Å². The standard InChI is InChI=1S/C14H24N4O2S/c1-3-5-11-6-8-17(9-7-11)13-15-16-14(18(13)4-2)21-10-12(19)20/h11H,3-10H2,1-2H3,(H,19,20). The molecule has 0 bridgehead atoms. The lowest BCUT2D eigenvalue weighted by atomic mass is 9.93. The van der Waals surface area contributed by atoms with Gasteiger partial charge < -0.3 is 10.0 Å². The zero-order valence-corrected chi connectivity index (χ0v) is 13.6. The SMILES string of the molecule is CCCC1CCN(c2nnc(SCC(=O)O)n2CC)CC1. The highest BCUT2D eigenvalue weighted by molar-refractivity contribution is 7.99. The third kappa shape index (κ3) is 4.12. The van der Waals surface area contributed by atoms with Crippen molar-refractivity contribution in [2.45, 2.75) is 51.2 Å². The predicted octanol–water partition coefficient (Wildman–Crippen LogP) is 2.49. The summed E-state index contributed by atoms with van der Waals surface area (Å²) in [6.45, 7) is 7.09. The number of aromatic nitrogens is 3. The Morgan fingerprint density at radius 3 is 2.62 bits per heavy atom. The van der Waals surface area contributed by atoms with E-state index in [1.54, 1.807) is 0 Å². The molecule has 0 unspecified atom stereocenters. The molecule has 6 nitrogen and oxygen atoms in total. The van der Waals surface area contributed by atoms with Crippen LogP contribution >= 0.6 is 11.8 Å². The molecule has 1 aromatic rings. The Bertz CT molecular complexity index is 470. The van der Waals surface area contributed by atoms with E-state index >= 15 is 0 Å². The number of thioether (sulfide) groups is 1. The van der Waals surface area contributed by atoms with Gasteiger partial charge in [-0.05, 0) is 25.7 Å². The number of rotatable bonds is 7. The second-order valence-electron chi connectivity index (χ2n) is 5.43. The normalized spacial score (nSPS) is 16.4. The van der Waals surface area contributed by atoms with Gasteiger partial charge in [-0.1, -0.05) is 31.5 Å². The largest absolute Gasteiger partial charge is 0.481 e. The molecule has 0 aliphatic carbocycles. The molecule has 1 aliphatic rings. The Labute approximate surface area is 129 Å². The molecule has 1 saturated heterocycles. The molecular formula is C14H24N4O2S. The molecule has 1 fully saturated rings. The third-order valence-corrected chi connectivity index (χ3v) is 4.88. The number of carboxylic acids is 1. The van der Waals surface area contributed by atoms with Crippen molar-refractivity contribution in [3.8, 4) is 0 Å². The molecule has 0 spiro atoms. The number of hydrogen-bond acceptors (Lipinski definition) is 5. The first kappa shape index (κ1) is 16.1. The summed E-state index contributed by atoms with van der Waals surface area (Å²) in [4.78, 5) is 13.0. The molecule has 21 heavy (non-hydrogen) atoms. The minimum Gasteiger partial charge on any atom is -0.481 e. The number of anilines is 1. The summed E-state index contributed by atoms with van der Waals surface area (Å²) in [5.41, 5.74) is 0. The van der Waals surface area contributed by atoms with Crippen molar-refractivity contribution in [3.05, 3.63) is 0 Å². The maximum absolute atomic E-state index is 10.7. The lowest BCUT2D eigenvalue weighted by Crippen LogP contribution is -2.35. The van der Waals surface area contributed by atoms with Gasteiger partial charge in [-0.3, -0.25) is 9.36 Å². The molecule has 118 valence electrons. The van der Waals surface area contributed by atoms with E-state index in [2.05, 4.69) is 22.0 Å². The van der Waals surface area contributed by atoms with Crippen LogP contribution < -0.4 is 4.90 Å². The second-order valence-corrected chi connectivity index (χ2v) is 6.37. The zero-order valence-electron chi connectivity index (χ0n) is 12.8. The first-order valence-corrected chi connectivity index (χ1v) is 8.67. The minimum absolute atomic E-state index is 0.0245. The summed E-state index contributed by atoms with van der Waals surface area (Å²) >= 11 is 1.24. The fourth-order valence-corrected chi connectivity index (χ4v) is 3.57. The molecular weight excluding hydrogens is 288 g/mol. The van der Waals surface area contributed by atoms with Crippen molar-refractivity contribution < 1.29 is 9.90 Å². The monoisotopic (exact) mass is 312 g/mol. The van der Waals surface area contributed by atoms with E-state index in [0.717, 1.165) is 31.5 Å². The van der Waals surface area contributed by atoms with Gasteiger partial charge in [-0.25, -0.2) is 0 Å². The summed E-state index contributed by atoms with van der Waals surface area (Å²) in [6.07, 6.45) is 4.99. The Morgan fingerprint density at radius 2 is 2.05 bits per heavy atom. The molecule has 0 saturated carbocycles. The molecule has 1 aromatic heterocycles. The molecule has 1 aliphatic heterocycles. The molecule has 2 heterocycles. The van der Waals surface area contributed by atoms with Crippen LogP contribution in [0.1, 0.15) is 39.5 Å². The van der Waals surface area contributed by atoms with Gasteiger partial charge in [0.05, 0.1) is 5.75 Å². The minimum atomic E-state index is -0.826. The number of piperidine rings is 1. The van der Waals surface area contributed by atoms with Crippen LogP contribution in [0.2, 0.25) is 0 Å². The Morgan fingerprint density at radius 1 is 1.33 bits per heavy atom. The number of carbonyl (C=O) groups is 1. The van der Waals surface area contributed by atoms with Crippen LogP contribution in [0.25, 0.3) is 0 Å². The van der Waals surface area contributed by atoms with Gasteiger partial charge in [0, 0.05) is 19.6 Å². The van der Waals surface area contributed by atoms with Gasteiger partial charge in [0.2, 0.25) is 5.95 Å². The number of carboxylic acid groups (broad SMARTS) is 1. The van der Waals surface area contributed by atoms with E-state index < -0.39 is 5.97 Å². The zero-order chi connectivity index (χ0) is 15.2. The van der Waals surface area contributed by atoms with E-state index in [1.807, 2.05) is 11.5 Å². The third-order valence-electron chi connectivity index (χ3n) is 3.93. The van der Waals surface area contributed by atoms with Crippen molar-refractivity contribution in [3.63, 3.8) is 0 Å². The highest BCUT2D eigenvalue weighted by atomic mass is 32.2. The molecule has 0 radical (unpaired) electrons. The lowest BCUT2D eigenvalue weighted by Gasteiger charge is -2.32. The highest BCUT2D eigenvalue weighted by Crippen LogP contribution is 2.27.